The van der Waals surface area contributed by atoms with Gasteiger partial charge >= 0.3 is 0 Å². The van der Waals surface area contributed by atoms with Gasteiger partial charge in [0, 0.05) is 19.3 Å². The Bertz CT molecular complexity index is 318. The fourth-order valence-electron chi connectivity index (χ4n) is 2.11. The zero-order valence-electron chi connectivity index (χ0n) is 9.19. The van der Waals surface area contributed by atoms with Gasteiger partial charge in [0.05, 0.1) is 0 Å². The van der Waals surface area contributed by atoms with E-state index in [9.17, 15) is 0 Å². The monoisotopic (exact) mass is 206 g/mol. The summed E-state index contributed by atoms with van der Waals surface area (Å²) in [6.45, 7) is 4.45. The van der Waals surface area contributed by atoms with E-state index in [1.807, 2.05) is 6.07 Å². The lowest BCUT2D eigenvalue weighted by molar-refractivity contribution is 0.394. The van der Waals surface area contributed by atoms with Crippen molar-refractivity contribution in [1.82, 2.24) is 9.97 Å². The normalized spacial score (nSPS) is 18.1. The first-order valence-corrected chi connectivity index (χ1v) is 5.63. The summed E-state index contributed by atoms with van der Waals surface area (Å²) in [6, 6.07) is 1.93. The smallest absolute Gasteiger partial charge is 0.221 e. The molecule has 0 aliphatic carbocycles. The number of piperidine rings is 1. The lowest BCUT2D eigenvalue weighted by Gasteiger charge is -2.32. The van der Waals surface area contributed by atoms with Gasteiger partial charge < -0.3 is 10.6 Å². The summed E-state index contributed by atoms with van der Waals surface area (Å²) >= 11 is 0. The molecular formula is C11H18N4. The van der Waals surface area contributed by atoms with Crippen molar-refractivity contribution in [2.75, 3.05) is 23.7 Å². The molecule has 2 N–H and O–H groups in total. The molecule has 1 aliphatic heterocycles. The molecule has 1 aromatic rings. The average Bonchev–Trinajstić information content (AvgIpc) is 2.29. The highest BCUT2D eigenvalue weighted by Crippen LogP contribution is 2.23. The van der Waals surface area contributed by atoms with E-state index in [2.05, 4.69) is 21.8 Å². The van der Waals surface area contributed by atoms with Crippen molar-refractivity contribution < 1.29 is 0 Å². The van der Waals surface area contributed by atoms with Crippen molar-refractivity contribution >= 4 is 11.8 Å². The molecule has 0 spiro atoms. The van der Waals surface area contributed by atoms with Gasteiger partial charge in [-0.05, 0) is 24.8 Å². The van der Waals surface area contributed by atoms with Crippen LogP contribution in [0.15, 0.2) is 12.3 Å². The first-order valence-electron chi connectivity index (χ1n) is 5.63. The van der Waals surface area contributed by atoms with Crippen LogP contribution in [0, 0.1) is 5.92 Å². The van der Waals surface area contributed by atoms with Crippen LogP contribution in [-0.4, -0.2) is 23.1 Å². The third-order valence-electron chi connectivity index (χ3n) is 3.18. The molecular weight excluding hydrogens is 188 g/mol. The van der Waals surface area contributed by atoms with Crippen LogP contribution in [0.2, 0.25) is 0 Å². The van der Waals surface area contributed by atoms with Gasteiger partial charge in [0.15, 0.2) is 0 Å². The van der Waals surface area contributed by atoms with Gasteiger partial charge in [-0.2, -0.15) is 4.98 Å². The Labute approximate surface area is 90.5 Å². The molecule has 0 atom stereocenters. The van der Waals surface area contributed by atoms with E-state index in [4.69, 9.17) is 5.73 Å². The molecule has 1 saturated heterocycles. The molecule has 0 amide bonds. The Hall–Kier alpha value is -1.32. The molecule has 0 radical (unpaired) electrons. The van der Waals surface area contributed by atoms with Crippen molar-refractivity contribution in [3.63, 3.8) is 0 Å². The van der Waals surface area contributed by atoms with Gasteiger partial charge in [0.1, 0.15) is 5.82 Å². The second-order valence-corrected chi connectivity index (χ2v) is 4.11. The van der Waals surface area contributed by atoms with E-state index in [-0.39, 0.29) is 0 Å². The van der Waals surface area contributed by atoms with E-state index < -0.39 is 0 Å². The molecule has 0 bridgehead atoms. The van der Waals surface area contributed by atoms with Gasteiger partial charge in [-0.15, -0.1) is 0 Å². The highest BCUT2D eigenvalue weighted by molar-refractivity contribution is 5.41. The average molecular weight is 206 g/mol. The minimum Gasteiger partial charge on any atom is -0.368 e. The molecule has 0 saturated carbocycles. The zero-order valence-corrected chi connectivity index (χ0v) is 9.19. The topological polar surface area (TPSA) is 55.0 Å². The van der Waals surface area contributed by atoms with E-state index in [1.54, 1.807) is 6.20 Å². The van der Waals surface area contributed by atoms with Gasteiger partial charge in [0.25, 0.3) is 0 Å². The number of hydrogen-bond acceptors (Lipinski definition) is 4. The fraction of sp³-hybridized carbons (Fsp3) is 0.636. The summed E-state index contributed by atoms with van der Waals surface area (Å²) in [7, 11) is 0. The Morgan fingerprint density at radius 1 is 1.47 bits per heavy atom. The summed E-state index contributed by atoms with van der Waals surface area (Å²) in [5.74, 6) is 2.22. The number of aromatic nitrogens is 2. The van der Waals surface area contributed by atoms with Crippen molar-refractivity contribution in [1.29, 1.82) is 0 Å². The number of hydrogen-bond donors (Lipinski definition) is 1. The molecule has 2 heterocycles. The molecule has 0 aromatic carbocycles. The quantitative estimate of drug-likeness (QED) is 0.800. The second-order valence-electron chi connectivity index (χ2n) is 4.11. The van der Waals surface area contributed by atoms with Crippen molar-refractivity contribution in [3.05, 3.63) is 12.3 Å². The molecule has 2 rings (SSSR count). The SMILES string of the molecule is CCC1CCN(c2ccnc(N)n2)CC1. The predicted octanol–water partition coefficient (Wildman–Crippen LogP) is 1.69. The summed E-state index contributed by atoms with van der Waals surface area (Å²) < 4.78 is 0. The predicted molar refractivity (Wildman–Crippen MR) is 61.7 cm³/mol. The molecule has 1 aromatic heterocycles. The Kier molecular flexibility index (Phi) is 3.04. The molecule has 4 heteroatoms. The van der Waals surface area contributed by atoms with E-state index in [0.717, 1.165) is 24.8 Å². The maximum Gasteiger partial charge on any atom is 0.221 e. The van der Waals surface area contributed by atoms with Crippen molar-refractivity contribution in [2.45, 2.75) is 26.2 Å². The Morgan fingerprint density at radius 2 is 2.20 bits per heavy atom. The minimum absolute atomic E-state index is 0.366. The second kappa shape index (κ2) is 4.47. The van der Waals surface area contributed by atoms with E-state index in [0.29, 0.717) is 5.95 Å². The van der Waals surface area contributed by atoms with Crippen LogP contribution in [0.25, 0.3) is 0 Å². The summed E-state index contributed by atoms with van der Waals surface area (Å²) in [4.78, 5) is 10.4. The van der Waals surface area contributed by atoms with Crippen LogP contribution in [0.3, 0.4) is 0 Å². The zero-order chi connectivity index (χ0) is 10.7. The third-order valence-corrected chi connectivity index (χ3v) is 3.18. The van der Waals surface area contributed by atoms with Gasteiger partial charge in [-0.1, -0.05) is 13.3 Å². The Morgan fingerprint density at radius 3 is 2.80 bits per heavy atom. The summed E-state index contributed by atoms with van der Waals surface area (Å²) in [5, 5.41) is 0. The molecule has 15 heavy (non-hydrogen) atoms. The van der Waals surface area contributed by atoms with Crippen molar-refractivity contribution in [3.8, 4) is 0 Å². The number of nitrogens with two attached hydrogens (primary N) is 1. The number of rotatable bonds is 2. The first kappa shape index (κ1) is 10.2. The minimum atomic E-state index is 0.366. The van der Waals surface area contributed by atoms with Gasteiger partial charge in [0.2, 0.25) is 5.95 Å². The number of nitrogens with zero attached hydrogens (tertiary/aromatic N) is 3. The van der Waals surface area contributed by atoms with Crippen LogP contribution in [-0.2, 0) is 0 Å². The maximum atomic E-state index is 5.57. The van der Waals surface area contributed by atoms with Crippen LogP contribution < -0.4 is 10.6 Å². The summed E-state index contributed by atoms with van der Waals surface area (Å²) in [6.07, 6.45) is 5.55. The largest absolute Gasteiger partial charge is 0.368 e. The first-order chi connectivity index (χ1) is 7.29. The van der Waals surface area contributed by atoms with E-state index >= 15 is 0 Å². The number of anilines is 2. The Balaban J connectivity index is 2.01. The van der Waals surface area contributed by atoms with E-state index in [1.165, 1.54) is 19.3 Å². The van der Waals surface area contributed by atoms with Crippen LogP contribution >= 0.6 is 0 Å². The fourth-order valence-corrected chi connectivity index (χ4v) is 2.11. The summed E-state index contributed by atoms with van der Waals surface area (Å²) in [5.41, 5.74) is 5.57. The van der Waals surface area contributed by atoms with Crippen LogP contribution in [0.5, 0.6) is 0 Å². The molecule has 1 fully saturated rings. The van der Waals surface area contributed by atoms with Gasteiger partial charge in [-0.3, -0.25) is 0 Å². The molecule has 1 aliphatic rings. The van der Waals surface area contributed by atoms with Crippen molar-refractivity contribution in [2.24, 2.45) is 5.92 Å². The highest BCUT2D eigenvalue weighted by Gasteiger charge is 2.18. The van der Waals surface area contributed by atoms with Gasteiger partial charge in [-0.25, -0.2) is 4.98 Å². The number of nitrogen functional groups attached to an aromatic ring is 1. The third kappa shape index (κ3) is 2.37. The maximum absolute atomic E-state index is 5.57. The van der Waals surface area contributed by atoms with Crippen LogP contribution in [0.1, 0.15) is 26.2 Å². The lowest BCUT2D eigenvalue weighted by Crippen LogP contribution is -2.34. The molecule has 0 unspecified atom stereocenters. The molecule has 82 valence electrons. The molecule has 4 nitrogen and oxygen atoms in total. The lowest BCUT2D eigenvalue weighted by atomic mass is 9.94. The standard InChI is InChI=1S/C11H18N4/c1-2-9-4-7-15(8-5-9)10-3-6-13-11(12)14-10/h3,6,9H,2,4-5,7-8H2,1H3,(H2,12,13,14). The highest BCUT2D eigenvalue weighted by atomic mass is 15.2. The van der Waals surface area contributed by atoms with Crippen LogP contribution in [0.4, 0.5) is 11.8 Å².